The zero-order valence-corrected chi connectivity index (χ0v) is 13.7. The molecule has 0 saturated carbocycles. The van der Waals surface area contributed by atoms with Crippen molar-refractivity contribution in [3.63, 3.8) is 0 Å². The van der Waals surface area contributed by atoms with Crippen LogP contribution in [0.3, 0.4) is 0 Å². The molecule has 21 heavy (non-hydrogen) atoms. The molecule has 0 radical (unpaired) electrons. The van der Waals surface area contributed by atoms with E-state index in [1.54, 1.807) is 0 Å². The molecule has 1 aliphatic rings. The number of nitrogens with zero attached hydrogens (tertiary/aromatic N) is 1. The van der Waals surface area contributed by atoms with Crippen molar-refractivity contribution in [1.29, 1.82) is 0 Å². The van der Waals surface area contributed by atoms with Crippen LogP contribution in [0.15, 0.2) is 35.7 Å². The maximum atomic E-state index is 3.53. The zero-order chi connectivity index (χ0) is 14.7. The van der Waals surface area contributed by atoms with E-state index in [2.05, 4.69) is 59.8 Å². The summed E-state index contributed by atoms with van der Waals surface area (Å²) >= 11 is 1.85. The normalized spacial score (nSPS) is 14.3. The Balaban J connectivity index is 1.79. The van der Waals surface area contributed by atoms with Crippen LogP contribution in [0.4, 0.5) is 5.69 Å². The fraction of sp³-hybridized carbons (Fsp3) is 0.444. The van der Waals surface area contributed by atoms with Gasteiger partial charge in [-0.15, -0.1) is 11.3 Å². The Morgan fingerprint density at radius 3 is 2.86 bits per heavy atom. The van der Waals surface area contributed by atoms with Crippen LogP contribution in [0.5, 0.6) is 0 Å². The molecule has 0 fully saturated rings. The minimum Gasteiger partial charge on any atom is -0.385 e. The summed E-state index contributed by atoms with van der Waals surface area (Å²) in [6, 6.07) is 11.6. The Morgan fingerprint density at radius 2 is 2.10 bits per heavy atom. The minimum atomic E-state index is 0.555. The molecule has 2 heterocycles. The van der Waals surface area contributed by atoms with Crippen molar-refractivity contribution in [3.05, 3.63) is 51.7 Å². The molecule has 1 aromatic carbocycles. The summed E-state index contributed by atoms with van der Waals surface area (Å²) in [5.41, 5.74) is 4.36. The second-order valence-electron chi connectivity index (χ2n) is 6.05. The van der Waals surface area contributed by atoms with Crippen LogP contribution < -0.4 is 5.32 Å². The van der Waals surface area contributed by atoms with Crippen molar-refractivity contribution in [2.24, 2.45) is 0 Å². The minimum absolute atomic E-state index is 0.555. The molecule has 112 valence electrons. The quantitative estimate of drug-likeness (QED) is 0.873. The molecule has 1 N–H and O–H groups in total. The van der Waals surface area contributed by atoms with Gasteiger partial charge in [0.2, 0.25) is 0 Å². The topological polar surface area (TPSA) is 15.3 Å². The highest BCUT2D eigenvalue weighted by atomic mass is 32.1. The number of hydrogen-bond acceptors (Lipinski definition) is 3. The molecule has 3 rings (SSSR count). The van der Waals surface area contributed by atoms with Crippen LogP contribution in [0.1, 0.15) is 36.3 Å². The lowest BCUT2D eigenvalue weighted by atomic mass is 9.97. The molecule has 1 aliphatic heterocycles. The lowest BCUT2D eigenvalue weighted by molar-refractivity contribution is 0.205. The summed E-state index contributed by atoms with van der Waals surface area (Å²) in [5.74, 6) is 0. The lowest BCUT2D eigenvalue weighted by Crippen LogP contribution is -2.30. The second kappa shape index (κ2) is 6.63. The van der Waals surface area contributed by atoms with E-state index in [1.807, 2.05) is 11.3 Å². The first-order valence-electron chi connectivity index (χ1n) is 7.85. The smallest absolute Gasteiger partial charge is 0.0375 e. The van der Waals surface area contributed by atoms with E-state index in [0.717, 1.165) is 19.6 Å². The van der Waals surface area contributed by atoms with Gasteiger partial charge in [-0.3, -0.25) is 4.90 Å². The molecule has 0 bridgehead atoms. The summed E-state index contributed by atoms with van der Waals surface area (Å²) < 4.78 is 0. The first-order chi connectivity index (χ1) is 10.2. The third kappa shape index (κ3) is 3.47. The van der Waals surface area contributed by atoms with Gasteiger partial charge in [-0.2, -0.15) is 0 Å². The van der Waals surface area contributed by atoms with Crippen LogP contribution in [0.2, 0.25) is 0 Å². The van der Waals surface area contributed by atoms with Crippen molar-refractivity contribution in [1.82, 2.24) is 4.90 Å². The largest absolute Gasteiger partial charge is 0.385 e. The third-order valence-electron chi connectivity index (χ3n) is 4.23. The van der Waals surface area contributed by atoms with Gasteiger partial charge in [0.15, 0.2) is 0 Å². The molecule has 0 saturated heterocycles. The predicted molar refractivity (Wildman–Crippen MR) is 92.0 cm³/mol. The lowest BCUT2D eigenvalue weighted by Gasteiger charge is -2.29. The average Bonchev–Trinajstić information content (AvgIpc) is 3.00. The van der Waals surface area contributed by atoms with E-state index in [4.69, 9.17) is 0 Å². The van der Waals surface area contributed by atoms with Crippen LogP contribution in [-0.2, 0) is 19.5 Å². The van der Waals surface area contributed by atoms with Crippen molar-refractivity contribution >= 4 is 17.0 Å². The summed E-state index contributed by atoms with van der Waals surface area (Å²) in [5, 5.41) is 5.70. The van der Waals surface area contributed by atoms with Gasteiger partial charge in [-0.05, 0) is 55.3 Å². The van der Waals surface area contributed by atoms with E-state index >= 15 is 0 Å². The molecule has 0 spiro atoms. The maximum Gasteiger partial charge on any atom is 0.0375 e. The second-order valence-corrected chi connectivity index (χ2v) is 7.08. The first kappa shape index (κ1) is 14.6. The average molecular weight is 300 g/mol. The molecule has 3 heteroatoms. The van der Waals surface area contributed by atoms with Crippen LogP contribution >= 0.6 is 11.3 Å². The fourth-order valence-electron chi connectivity index (χ4n) is 2.97. The Morgan fingerprint density at radius 1 is 1.19 bits per heavy atom. The Bertz CT molecular complexity index is 575. The summed E-state index contributed by atoms with van der Waals surface area (Å²) in [7, 11) is 0. The Hall–Kier alpha value is -1.32. The number of rotatable bonds is 5. The van der Waals surface area contributed by atoms with Crippen molar-refractivity contribution in [2.75, 3.05) is 11.9 Å². The number of benzene rings is 1. The van der Waals surface area contributed by atoms with Crippen molar-refractivity contribution < 1.29 is 0 Å². The van der Waals surface area contributed by atoms with Crippen LogP contribution in [0.25, 0.3) is 0 Å². The molecule has 0 aliphatic carbocycles. The molecular formula is C18H24N2S. The fourth-order valence-corrected chi connectivity index (χ4v) is 3.70. The molecule has 2 aromatic rings. The predicted octanol–water partition coefficient (Wildman–Crippen LogP) is 4.52. The van der Waals surface area contributed by atoms with Gasteiger partial charge in [0.25, 0.3) is 0 Å². The maximum absolute atomic E-state index is 3.53. The first-order valence-corrected chi connectivity index (χ1v) is 8.73. The van der Waals surface area contributed by atoms with Crippen LogP contribution in [0, 0.1) is 0 Å². The van der Waals surface area contributed by atoms with Crippen molar-refractivity contribution in [2.45, 2.75) is 45.8 Å². The number of anilines is 1. The summed E-state index contributed by atoms with van der Waals surface area (Å²) in [6.07, 6.45) is 2.46. The molecular weight excluding hydrogens is 276 g/mol. The van der Waals surface area contributed by atoms with Gasteiger partial charge in [-0.1, -0.05) is 18.2 Å². The zero-order valence-electron chi connectivity index (χ0n) is 12.9. The molecule has 1 aromatic heterocycles. The van der Waals surface area contributed by atoms with E-state index in [1.165, 1.54) is 34.5 Å². The Kier molecular flexibility index (Phi) is 4.61. The van der Waals surface area contributed by atoms with Gasteiger partial charge >= 0.3 is 0 Å². The van der Waals surface area contributed by atoms with Crippen molar-refractivity contribution in [3.8, 4) is 0 Å². The number of hydrogen-bond donors (Lipinski definition) is 1. The molecule has 0 atom stereocenters. The number of thiophene rings is 1. The van der Waals surface area contributed by atoms with Gasteiger partial charge < -0.3 is 5.32 Å². The van der Waals surface area contributed by atoms with E-state index in [0.29, 0.717) is 6.04 Å². The summed E-state index contributed by atoms with van der Waals surface area (Å²) in [4.78, 5) is 4.02. The molecule has 2 nitrogen and oxygen atoms in total. The standard InChI is InChI=1S/C18H24N2S/c1-14(2)20(13-16-7-5-11-21-16)12-15-6-3-9-18-17(15)8-4-10-19-18/h3,5-7,9,11,14,19H,4,8,10,12-13H2,1-2H3. The number of nitrogens with one attached hydrogen (secondary N) is 1. The Labute approximate surface area is 131 Å². The van der Waals surface area contributed by atoms with Crippen LogP contribution in [-0.4, -0.2) is 17.5 Å². The van der Waals surface area contributed by atoms with E-state index in [-0.39, 0.29) is 0 Å². The van der Waals surface area contributed by atoms with E-state index in [9.17, 15) is 0 Å². The highest BCUT2D eigenvalue weighted by Gasteiger charge is 2.17. The van der Waals surface area contributed by atoms with Gasteiger partial charge in [-0.25, -0.2) is 0 Å². The highest BCUT2D eigenvalue weighted by molar-refractivity contribution is 7.09. The van der Waals surface area contributed by atoms with Gasteiger partial charge in [0, 0.05) is 36.2 Å². The molecule has 0 unspecified atom stereocenters. The summed E-state index contributed by atoms with van der Waals surface area (Å²) in [6.45, 7) is 7.79. The third-order valence-corrected chi connectivity index (χ3v) is 5.10. The molecule has 0 amide bonds. The van der Waals surface area contributed by atoms with Gasteiger partial charge in [0.1, 0.15) is 0 Å². The highest BCUT2D eigenvalue weighted by Crippen LogP contribution is 2.27. The SMILES string of the molecule is CC(C)N(Cc1cccs1)Cc1cccc2c1CCCN2. The van der Waals surface area contributed by atoms with E-state index < -0.39 is 0 Å². The number of fused-ring (bicyclic) bond motifs is 1. The monoisotopic (exact) mass is 300 g/mol. The van der Waals surface area contributed by atoms with Gasteiger partial charge in [0.05, 0.1) is 0 Å².